The van der Waals surface area contributed by atoms with Gasteiger partial charge in [-0.25, -0.2) is 0 Å². The van der Waals surface area contributed by atoms with Crippen LogP contribution >= 0.6 is 0 Å². The van der Waals surface area contributed by atoms with Crippen molar-refractivity contribution in [3.63, 3.8) is 0 Å². The van der Waals surface area contributed by atoms with Gasteiger partial charge in [-0.3, -0.25) is 4.79 Å². The molecular formula is C12H23NO3. The molecule has 1 rings (SSSR count). The van der Waals surface area contributed by atoms with E-state index in [9.17, 15) is 4.79 Å². The molecule has 0 saturated carbocycles. The van der Waals surface area contributed by atoms with Crippen molar-refractivity contribution >= 4 is 5.97 Å². The van der Waals surface area contributed by atoms with Crippen molar-refractivity contribution in [3.05, 3.63) is 0 Å². The van der Waals surface area contributed by atoms with Crippen LogP contribution < -0.4 is 0 Å². The highest BCUT2D eigenvalue weighted by Gasteiger charge is 2.36. The monoisotopic (exact) mass is 229 g/mol. The van der Waals surface area contributed by atoms with Crippen LogP contribution in [0.1, 0.15) is 39.0 Å². The molecule has 2 N–H and O–H groups in total. The number of carbonyl (C=O) groups is 1. The molecule has 0 aromatic heterocycles. The molecule has 1 heterocycles. The number of aliphatic carboxylic acids is 1. The van der Waals surface area contributed by atoms with Crippen molar-refractivity contribution in [2.45, 2.75) is 39.0 Å². The lowest BCUT2D eigenvalue weighted by Gasteiger charge is -2.36. The van der Waals surface area contributed by atoms with E-state index < -0.39 is 11.4 Å². The Morgan fingerprint density at radius 1 is 1.25 bits per heavy atom. The summed E-state index contributed by atoms with van der Waals surface area (Å²) in [4.78, 5) is 13.4. The normalized spacial score (nSPS) is 20.9. The summed E-state index contributed by atoms with van der Waals surface area (Å²) in [6.07, 6.45) is 4.54. The lowest BCUT2D eigenvalue weighted by atomic mass is 9.80. The van der Waals surface area contributed by atoms with E-state index >= 15 is 0 Å². The van der Waals surface area contributed by atoms with Gasteiger partial charge in [0.15, 0.2) is 0 Å². The lowest BCUT2D eigenvalue weighted by molar-refractivity contribution is -0.150. The number of aliphatic hydroxyl groups is 1. The Kier molecular flexibility index (Phi) is 5.22. The summed E-state index contributed by atoms with van der Waals surface area (Å²) in [5, 5.41) is 17.7. The topological polar surface area (TPSA) is 60.8 Å². The van der Waals surface area contributed by atoms with E-state index in [1.54, 1.807) is 0 Å². The molecule has 94 valence electrons. The Morgan fingerprint density at radius 2 is 1.88 bits per heavy atom. The standard InChI is InChI=1S/C12H23NO3/c1-12(11(15)16)5-8-13(9-6-12)7-3-2-4-10-14/h14H,2-10H2,1H3,(H,15,16). The van der Waals surface area contributed by atoms with Gasteiger partial charge in [0.25, 0.3) is 0 Å². The minimum Gasteiger partial charge on any atom is -0.481 e. The van der Waals surface area contributed by atoms with Gasteiger partial charge in [-0.15, -0.1) is 0 Å². The molecule has 0 unspecified atom stereocenters. The summed E-state index contributed by atoms with van der Waals surface area (Å²) in [7, 11) is 0. The van der Waals surface area contributed by atoms with Crippen molar-refractivity contribution in [2.75, 3.05) is 26.2 Å². The number of nitrogens with zero attached hydrogens (tertiary/aromatic N) is 1. The second kappa shape index (κ2) is 6.21. The summed E-state index contributed by atoms with van der Waals surface area (Å²) >= 11 is 0. The minimum absolute atomic E-state index is 0.275. The summed E-state index contributed by atoms with van der Waals surface area (Å²) in [5.74, 6) is -0.660. The van der Waals surface area contributed by atoms with Crippen molar-refractivity contribution in [3.8, 4) is 0 Å². The molecule has 0 amide bonds. The fourth-order valence-electron chi connectivity index (χ4n) is 2.11. The third-order valence-electron chi connectivity index (χ3n) is 3.61. The number of hydrogen-bond acceptors (Lipinski definition) is 3. The van der Waals surface area contributed by atoms with Crippen LogP contribution in [0.15, 0.2) is 0 Å². The molecule has 0 radical (unpaired) electrons. The van der Waals surface area contributed by atoms with E-state index in [0.717, 1.165) is 51.7 Å². The van der Waals surface area contributed by atoms with Crippen LogP contribution in [-0.2, 0) is 4.79 Å². The Morgan fingerprint density at radius 3 is 2.38 bits per heavy atom. The number of carboxylic acids is 1. The van der Waals surface area contributed by atoms with E-state index in [1.165, 1.54) is 0 Å². The van der Waals surface area contributed by atoms with Crippen LogP contribution in [0, 0.1) is 5.41 Å². The highest BCUT2D eigenvalue weighted by atomic mass is 16.4. The molecular weight excluding hydrogens is 206 g/mol. The first kappa shape index (κ1) is 13.5. The maximum Gasteiger partial charge on any atom is 0.309 e. The van der Waals surface area contributed by atoms with Gasteiger partial charge in [0.2, 0.25) is 0 Å². The molecule has 1 aliphatic heterocycles. The van der Waals surface area contributed by atoms with Gasteiger partial charge in [-0.05, 0) is 58.7 Å². The summed E-state index contributed by atoms with van der Waals surface area (Å²) in [6, 6.07) is 0. The molecule has 1 fully saturated rings. The predicted octanol–water partition coefficient (Wildman–Crippen LogP) is 1.34. The highest BCUT2D eigenvalue weighted by Crippen LogP contribution is 2.30. The van der Waals surface area contributed by atoms with Crippen LogP contribution in [0.4, 0.5) is 0 Å². The lowest BCUT2D eigenvalue weighted by Crippen LogP contribution is -2.42. The number of unbranched alkanes of at least 4 members (excludes halogenated alkanes) is 2. The second-order valence-electron chi connectivity index (χ2n) is 4.99. The molecule has 0 aromatic rings. The van der Waals surface area contributed by atoms with E-state index in [4.69, 9.17) is 10.2 Å². The summed E-state index contributed by atoms with van der Waals surface area (Å²) < 4.78 is 0. The van der Waals surface area contributed by atoms with Crippen LogP contribution in [0.3, 0.4) is 0 Å². The number of likely N-dealkylation sites (tertiary alicyclic amines) is 1. The first-order valence-corrected chi connectivity index (χ1v) is 6.15. The zero-order valence-electron chi connectivity index (χ0n) is 10.1. The minimum atomic E-state index is -0.660. The number of aliphatic hydroxyl groups excluding tert-OH is 1. The number of rotatable bonds is 6. The Balaban J connectivity index is 2.19. The Labute approximate surface area is 97.3 Å². The Hall–Kier alpha value is -0.610. The van der Waals surface area contributed by atoms with E-state index in [-0.39, 0.29) is 6.61 Å². The maximum absolute atomic E-state index is 11.0. The van der Waals surface area contributed by atoms with Gasteiger partial charge in [0.1, 0.15) is 0 Å². The van der Waals surface area contributed by atoms with Crippen molar-refractivity contribution in [2.24, 2.45) is 5.41 Å². The third kappa shape index (κ3) is 3.76. The molecule has 4 nitrogen and oxygen atoms in total. The number of piperidine rings is 1. The van der Waals surface area contributed by atoms with Crippen LogP contribution in [0.5, 0.6) is 0 Å². The van der Waals surface area contributed by atoms with E-state index in [0.29, 0.717) is 0 Å². The van der Waals surface area contributed by atoms with Crippen molar-refractivity contribution < 1.29 is 15.0 Å². The molecule has 0 bridgehead atoms. The van der Waals surface area contributed by atoms with Crippen LogP contribution in [0.2, 0.25) is 0 Å². The smallest absolute Gasteiger partial charge is 0.309 e. The molecule has 0 atom stereocenters. The van der Waals surface area contributed by atoms with Gasteiger partial charge in [0.05, 0.1) is 5.41 Å². The number of hydrogen-bond donors (Lipinski definition) is 2. The van der Waals surface area contributed by atoms with Crippen molar-refractivity contribution in [1.29, 1.82) is 0 Å². The van der Waals surface area contributed by atoms with Crippen LogP contribution in [0.25, 0.3) is 0 Å². The van der Waals surface area contributed by atoms with Gasteiger partial charge in [-0.1, -0.05) is 0 Å². The van der Waals surface area contributed by atoms with Gasteiger partial charge >= 0.3 is 5.97 Å². The molecule has 16 heavy (non-hydrogen) atoms. The average Bonchev–Trinajstić information content (AvgIpc) is 2.27. The first-order valence-electron chi connectivity index (χ1n) is 6.15. The van der Waals surface area contributed by atoms with E-state index in [2.05, 4.69) is 4.90 Å². The predicted molar refractivity (Wildman–Crippen MR) is 62.4 cm³/mol. The largest absolute Gasteiger partial charge is 0.481 e. The molecule has 1 saturated heterocycles. The van der Waals surface area contributed by atoms with Crippen molar-refractivity contribution in [1.82, 2.24) is 4.90 Å². The molecule has 0 aromatic carbocycles. The molecule has 0 aliphatic carbocycles. The van der Waals surface area contributed by atoms with Crippen LogP contribution in [-0.4, -0.2) is 47.3 Å². The molecule has 4 heteroatoms. The summed E-state index contributed by atoms with van der Waals surface area (Å²) in [6.45, 7) is 4.94. The van der Waals surface area contributed by atoms with Gasteiger partial charge in [0, 0.05) is 6.61 Å². The second-order valence-corrected chi connectivity index (χ2v) is 4.99. The SMILES string of the molecule is CC1(C(=O)O)CCN(CCCCCO)CC1. The fourth-order valence-corrected chi connectivity index (χ4v) is 2.11. The number of carboxylic acid groups (broad SMARTS) is 1. The summed E-state index contributed by atoms with van der Waals surface area (Å²) in [5.41, 5.74) is -0.512. The fraction of sp³-hybridized carbons (Fsp3) is 0.917. The Bertz CT molecular complexity index is 222. The van der Waals surface area contributed by atoms with Gasteiger partial charge < -0.3 is 15.1 Å². The quantitative estimate of drug-likeness (QED) is 0.675. The highest BCUT2D eigenvalue weighted by molar-refractivity contribution is 5.74. The van der Waals surface area contributed by atoms with E-state index in [1.807, 2.05) is 6.92 Å². The average molecular weight is 229 g/mol. The zero-order valence-corrected chi connectivity index (χ0v) is 10.1. The molecule has 1 aliphatic rings. The third-order valence-corrected chi connectivity index (χ3v) is 3.61. The zero-order chi connectivity index (χ0) is 12.0. The van der Waals surface area contributed by atoms with Gasteiger partial charge in [-0.2, -0.15) is 0 Å². The first-order chi connectivity index (χ1) is 7.58. The maximum atomic E-state index is 11.0. The molecule has 0 spiro atoms.